The van der Waals surface area contributed by atoms with Gasteiger partial charge in [0.2, 0.25) is 17.7 Å². The molecule has 0 aromatic heterocycles. The van der Waals surface area contributed by atoms with Crippen LogP contribution in [0.3, 0.4) is 0 Å². The smallest absolute Gasteiger partial charge is 0.410 e. The first kappa shape index (κ1) is 101. The maximum Gasteiger partial charge on any atom is 0.410 e. The molecule has 0 bridgehead atoms. The summed E-state index contributed by atoms with van der Waals surface area (Å²) in [6.07, 6.45) is 4.39. The van der Waals surface area contributed by atoms with Crippen molar-refractivity contribution >= 4 is 54.0 Å². The minimum atomic E-state index is -0.922. The second kappa shape index (κ2) is 46.4. The largest absolute Gasteiger partial charge is 0.487 e. The molecule has 7 amide bonds. The SMILES string of the molecule is C=CC[C@H](C)C(=O)O.C=CC[C@H](NC(=O)OC(C)(C)C)C(=O)N1CC[C@@H]2[C@H]1[C@@H](Oc1ccc(F)cc1)CN2C(=O)OCc1ccccc1.CC(C)(C)OC(=O)C[C@@H](CCCC[C@H](NC(=O)OC(C)(C)C)C(=O)N1CC[C@H]2NC[C@H](Oc3ccc(F)cc3)[C@H]21)C(=O)N1CC[C@H]2NC[C@H](Oc3ccc(F)cc3)[C@H]21.O=C(OCc1ccccc1)N1C[C@H](Oc2ccc(F)cc2)[C@H]2NCC[C@H]21. The van der Waals surface area contributed by atoms with Gasteiger partial charge in [-0.15, -0.1) is 13.2 Å². The summed E-state index contributed by atoms with van der Waals surface area (Å²) >= 11 is 0. The van der Waals surface area contributed by atoms with Gasteiger partial charge in [-0.1, -0.05) is 92.6 Å². The number of esters is 1. The molecule has 132 heavy (non-hydrogen) atoms. The molecule has 8 aliphatic rings. The Bertz CT molecular complexity index is 4710. The molecule has 33 heteroatoms. The lowest BCUT2D eigenvalue weighted by Gasteiger charge is -2.33. The lowest BCUT2D eigenvalue weighted by Crippen LogP contribution is -2.54. The van der Waals surface area contributed by atoms with Crippen molar-refractivity contribution in [1.82, 2.24) is 51.1 Å². The number of aliphatic carboxylic acids is 1. The molecule has 8 fully saturated rings. The van der Waals surface area contributed by atoms with Crippen molar-refractivity contribution in [3.8, 4) is 23.0 Å². The highest BCUT2D eigenvalue weighted by molar-refractivity contribution is 5.88. The first-order chi connectivity index (χ1) is 62.9. The fourth-order valence-corrected chi connectivity index (χ4v) is 17.8. The third kappa shape index (κ3) is 28.8. The van der Waals surface area contributed by atoms with E-state index in [4.69, 9.17) is 47.7 Å². The number of unbranched alkanes of at least 4 members (excludes halogenated alkanes) is 1. The number of carbonyl (C=O) groups excluding carboxylic acids is 8. The molecule has 714 valence electrons. The zero-order chi connectivity index (χ0) is 95.1. The van der Waals surface area contributed by atoms with Gasteiger partial charge in [0.25, 0.3) is 0 Å². The summed E-state index contributed by atoms with van der Waals surface area (Å²) in [6.45, 7) is 28.8. The van der Waals surface area contributed by atoms with Crippen LogP contribution in [0.25, 0.3) is 0 Å². The molecule has 16 atom stereocenters. The number of amides is 7. The number of nitrogens with zero attached hydrogens (tertiary/aromatic N) is 5. The van der Waals surface area contributed by atoms with Crippen LogP contribution in [0.4, 0.5) is 36.7 Å². The normalized spacial score (nSPS) is 22.9. The van der Waals surface area contributed by atoms with E-state index in [-0.39, 0.29) is 147 Å². The molecule has 14 rings (SSSR count). The van der Waals surface area contributed by atoms with Gasteiger partial charge in [0, 0.05) is 50.7 Å². The Morgan fingerprint density at radius 3 is 1.29 bits per heavy atom. The number of benzene rings is 6. The number of carboxylic acids is 1. The first-order valence-electron chi connectivity index (χ1n) is 45.3. The van der Waals surface area contributed by atoms with E-state index >= 15 is 0 Å². The number of nitrogens with one attached hydrogen (secondary N) is 5. The topological polar surface area (TPSA) is 333 Å². The maximum atomic E-state index is 14.4. The van der Waals surface area contributed by atoms with E-state index in [2.05, 4.69) is 39.7 Å². The lowest BCUT2D eigenvalue weighted by atomic mass is 9.94. The fourth-order valence-electron chi connectivity index (χ4n) is 17.8. The second-order valence-corrected chi connectivity index (χ2v) is 37.1. The summed E-state index contributed by atoms with van der Waals surface area (Å²) in [5.74, 6) is -2.40. The van der Waals surface area contributed by atoms with Crippen molar-refractivity contribution in [3.05, 3.63) is 217 Å². The molecule has 0 spiro atoms. The molecule has 8 aliphatic heterocycles. The van der Waals surface area contributed by atoms with E-state index < -0.39 is 83.0 Å². The molecular formula is C99H126F4N10O19. The molecule has 29 nitrogen and oxygen atoms in total. The van der Waals surface area contributed by atoms with Gasteiger partial charge < -0.3 is 89.0 Å². The number of ether oxygens (including phenoxy) is 9. The maximum absolute atomic E-state index is 14.4. The van der Waals surface area contributed by atoms with Gasteiger partial charge in [0.1, 0.15) is 113 Å². The van der Waals surface area contributed by atoms with Crippen molar-refractivity contribution < 1.29 is 108 Å². The third-order valence-corrected chi connectivity index (χ3v) is 23.8. The van der Waals surface area contributed by atoms with Gasteiger partial charge in [-0.25, -0.2) is 36.7 Å². The zero-order valence-electron chi connectivity index (χ0n) is 76.7. The van der Waals surface area contributed by atoms with Crippen LogP contribution in [0.15, 0.2) is 183 Å². The number of hydrogen-bond donors (Lipinski definition) is 6. The summed E-state index contributed by atoms with van der Waals surface area (Å²) in [5, 5.41) is 24.1. The first-order valence-corrected chi connectivity index (χ1v) is 45.3. The third-order valence-electron chi connectivity index (χ3n) is 23.8. The van der Waals surface area contributed by atoms with E-state index in [1.807, 2.05) is 65.6 Å². The predicted octanol–water partition coefficient (Wildman–Crippen LogP) is 14.0. The van der Waals surface area contributed by atoms with Gasteiger partial charge in [-0.2, -0.15) is 0 Å². The zero-order valence-corrected chi connectivity index (χ0v) is 76.7. The number of allylic oxidation sites excluding steroid dienone is 1. The van der Waals surface area contributed by atoms with Crippen LogP contribution in [-0.2, 0) is 60.9 Å². The fraction of sp³-hybridized carbons (Fsp3) is 0.505. The summed E-state index contributed by atoms with van der Waals surface area (Å²) < 4.78 is 106. The van der Waals surface area contributed by atoms with Gasteiger partial charge in [0.15, 0.2) is 0 Å². The summed E-state index contributed by atoms with van der Waals surface area (Å²) in [6, 6.07) is 39.0. The molecule has 0 unspecified atom stereocenters. The van der Waals surface area contributed by atoms with Crippen molar-refractivity contribution in [2.75, 3.05) is 52.4 Å². The Balaban J connectivity index is 0.000000195. The van der Waals surface area contributed by atoms with E-state index in [0.717, 1.165) is 30.5 Å². The van der Waals surface area contributed by atoms with E-state index in [1.165, 1.54) is 60.7 Å². The van der Waals surface area contributed by atoms with E-state index in [9.17, 15) is 60.7 Å². The summed E-state index contributed by atoms with van der Waals surface area (Å²) in [4.78, 5) is 126. The van der Waals surface area contributed by atoms with E-state index in [1.54, 1.807) is 137 Å². The molecule has 8 saturated heterocycles. The van der Waals surface area contributed by atoms with Crippen LogP contribution in [0.5, 0.6) is 23.0 Å². The van der Waals surface area contributed by atoms with Crippen LogP contribution in [0.1, 0.15) is 151 Å². The number of carbonyl (C=O) groups is 9. The van der Waals surface area contributed by atoms with Crippen molar-refractivity contribution in [3.63, 3.8) is 0 Å². The van der Waals surface area contributed by atoms with Crippen LogP contribution in [-0.4, -0.2) is 238 Å². The van der Waals surface area contributed by atoms with Crippen LogP contribution in [0, 0.1) is 35.1 Å². The minimum absolute atomic E-state index is 0.00265. The molecular weight excluding hydrogens is 1710 g/mol. The molecule has 0 radical (unpaired) electrons. The number of likely N-dealkylation sites (tertiary alicyclic amines) is 5. The monoisotopic (exact) mass is 1830 g/mol. The summed E-state index contributed by atoms with van der Waals surface area (Å²) in [7, 11) is 0. The Labute approximate surface area is 769 Å². The van der Waals surface area contributed by atoms with Crippen molar-refractivity contribution in [2.45, 2.75) is 255 Å². The molecule has 8 heterocycles. The number of hydrogen-bond acceptors (Lipinski definition) is 21. The van der Waals surface area contributed by atoms with E-state index in [0.29, 0.717) is 101 Å². The van der Waals surface area contributed by atoms with Gasteiger partial charge >= 0.3 is 36.3 Å². The standard InChI is InChI=1S/C43H59F2N5O8.C30H36FN3O6.C20H21FN2O3.C6H10O2/c1-42(2,3)57-36(51)23-26(39(52)49-21-19-31-37(49)34(24-46-31)55-29-15-11-27(44)12-16-29)9-7-8-10-33(48-41(54)58-43(4,5)6)40(53)50-22-20-32-38(50)35(25-47-32)56-30-17-13-28(45)14-18-30;1-5-9-23(32-28(36)40-30(2,3)4)27(35)33-17-16-24-26(33)25(39-22-14-12-21(31)13-15-22)18-34(24)29(37)38-19-20-10-7-6-8-11-20;21-15-6-8-16(9-7-15)26-18-12-23(17-10-11-22-19(17)18)20(24)25-13-14-4-2-1-3-5-14;1-3-4-5(2)6(7)8/h11-18,26,31-35,37-38,46-47H,7-10,19-25H2,1-6H3,(H,48,54);5-8,10-15,23-26H,1,9,16-19H2,2-4H3,(H,32,36);1-9,17-19,22H,10-13H2;3,5H,1,4H2,2H3,(H,7,8)/t26-,31-,32-,33+,34+,35+,37+,38+;23-,24+,25-,26-;17-,18+,19+;5-/m1010/s1. The quantitative estimate of drug-likeness (QED) is 0.00835. The Morgan fingerprint density at radius 1 is 0.455 bits per heavy atom. The minimum Gasteiger partial charge on any atom is -0.487 e. The molecule has 0 saturated carbocycles. The van der Waals surface area contributed by atoms with Crippen molar-refractivity contribution in [1.29, 1.82) is 0 Å². The van der Waals surface area contributed by atoms with Gasteiger partial charge in [0.05, 0.1) is 61.7 Å². The predicted molar refractivity (Wildman–Crippen MR) is 483 cm³/mol. The number of fused-ring (bicyclic) bond motifs is 4. The number of rotatable bonds is 29. The van der Waals surface area contributed by atoms with Gasteiger partial charge in [-0.05, 0) is 228 Å². The van der Waals surface area contributed by atoms with Crippen LogP contribution < -0.4 is 45.5 Å². The summed E-state index contributed by atoms with van der Waals surface area (Å²) in [5.41, 5.74) is -0.443. The lowest BCUT2D eigenvalue weighted by molar-refractivity contribution is -0.159. The Hall–Kier alpha value is -12.0. The van der Waals surface area contributed by atoms with Crippen LogP contribution in [0.2, 0.25) is 0 Å². The Kier molecular flexibility index (Phi) is 35.4. The van der Waals surface area contributed by atoms with Crippen LogP contribution >= 0.6 is 0 Å². The Morgan fingerprint density at radius 2 is 0.848 bits per heavy atom. The highest BCUT2D eigenvalue weighted by Gasteiger charge is 2.56. The molecule has 6 N–H and O–H groups in total. The molecule has 6 aromatic rings. The second-order valence-electron chi connectivity index (χ2n) is 37.1. The molecule has 6 aromatic carbocycles. The van der Waals surface area contributed by atoms with Crippen molar-refractivity contribution in [2.24, 2.45) is 11.8 Å². The highest BCUT2D eigenvalue weighted by atomic mass is 19.1. The average molecular weight is 1840 g/mol. The van der Waals surface area contributed by atoms with Gasteiger partial charge in [-0.3, -0.25) is 33.8 Å². The number of alkyl carbamates (subject to hydrolysis) is 2. The number of halogens is 4. The molecule has 0 aliphatic carbocycles. The number of carboxylic acid groups (broad SMARTS) is 1. The average Bonchev–Trinajstić information content (AvgIpc) is 1.59. The highest BCUT2D eigenvalue weighted by Crippen LogP contribution is 2.39.